The van der Waals surface area contributed by atoms with E-state index in [-0.39, 0.29) is 24.8 Å². The smallest absolute Gasteiger partial charge is 0.303 e. The van der Waals surface area contributed by atoms with Crippen LogP contribution in [-0.2, 0) is 9.59 Å². The number of carboxylic acid groups (broad SMARTS) is 1. The lowest BCUT2D eigenvalue weighted by Gasteiger charge is -2.22. The van der Waals surface area contributed by atoms with Gasteiger partial charge in [0, 0.05) is 24.5 Å². The maximum Gasteiger partial charge on any atom is 0.303 e. The van der Waals surface area contributed by atoms with Crippen molar-refractivity contribution in [3.8, 4) is 17.2 Å². The zero-order chi connectivity index (χ0) is 21.7. The van der Waals surface area contributed by atoms with Crippen LogP contribution >= 0.6 is 0 Å². The molecule has 2 aromatic rings. The third-order valence-electron chi connectivity index (χ3n) is 4.92. The van der Waals surface area contributed by atoms with Crippen molar-refractivity contribution < 1.29 is 28.9 Å². The van der Waals surface area contributed by atoms with Crippen molar-refractivity contribution >= 4 is 17.6 Å². The standard InChI is InChI=1S/C22H24N2O6/c1-28-15-6-4-5-14(11-15)19-13-18(23-24(19)21(25)9-10-22(26)27)17-8-7-16(29-2)12-20(17)30-3/h4-8,11-12,19H,9-10,13H2,1-3H3,(H,26,27)/t19-/m0/s1. The van der Waals surface area contributed by atoms with Crippen LogP contribution in [0, 0.1) is 0 Å². The molecule has 1 amide bonds. The molecule has 1 N–H and O–H groups in total. The van der Waals surface area contributed by atoms with Crippen LogP contribution in [0.4, 0.5) is 0 Å². The van der Waals surface area contributed by atoms with Gasteiger partial charge in [0.25, 0.3) is 0 Å². The molecule has 30 heavy (non-hydrogen) atoms. The second kappa shape index (κ2) is 9.30. The van der Waals surface area contributed by atoms with Gasteiger partial charge < -0.3 is 19.3 Å². The van der Waals surface area contributed by atoms with E-state index in [1.165, 1.54) is 5.01 Å². The number of hydrogen-bond acceptors (Lipinski definition) is 6. The van der Waals surface area contributed by atoms with Gasteiger partial charge in [0.15, 0.2) is 0 Å². The molecular formula is C22H24N2O6. The first-order valence-electron chi connectivity index (χ1n) is 9.44. The van der Waals surface area contributed by atoms with Gasteiger partial charge in [-0.3, -0.25) is 9.59 Å². The fourth-order valence-corrected chi connectivity index (χ4v) is 3.38. The first kappa shape index (κ1) is 21.2. The van der Waals surface area contributed by atoms with E-state index in [1.807, 2.05) is 30.3 Å². The van der Waals surface area contributed by atoms with Gasteiger partial charge in [-0.2, -0.15) is 5.10 Å². The lowest BCUT2D eigenvalue weighted by atomic mass is 9.97. The molecule has 1 atom stereocenters. The van der Waals surface area contributed by atoms with Gasteiger partial charge in [0.2, 0.25) is 5.91 Å². The summed E-state index contributed by atoms with van der Waals surface area (Å²) in [4.78, 5) is 23.7. The molecule has 0 aromatic heterocycles. The summed E-state index contributed by atoms with van der Waals surface area (Å²) < 4.78 is 16.1. The van der Waals surface area contributed by atoms with Gasteiger partial charge in [-0.1, -0.05) is 12.1 Å². The second-order valence-electron chi connectivity index (χ2n) is 6.74. The minimum absolute atomic E-state index is 0.133. The molecule has 8 heteroatoms. The van der Waals surface area contributed by atoms with Crippen LogP contribution in [0.5, 0.6) is 17.2 Å². The Morgan fingerprint density at radius 1 is 1.03 bits per heavy atom. The molecule has 158 valence electrons. The number of carboxylic acids is 1. The summed E-state index contributed by atoms with van der Waals surface area (Å²) in [6.07, 6.45) is 0.0673. The molecule has 0 radical (unpaired) electrons. The molecule has 0 spiro atoms. The summed E-state index contributed by atoms with van der Waals surface area (Å²) in [5, 5.41) is 14.9. The predicted octanol–water partition coefficient (Wildman–Crippen LogP) is 3.25. The van der Waals surface area contributed by atoms with Gasteiger partial charge in [-0.15, -0.1) is 0 Å². The highest BCUT2D eigenvalue weighted by atomic mass is 16.5. The van der Waals surface area contributed by atoms with E-state index in [0.29, 0.717) is 29.4 Å². The second-order valence-corrected chi connectivity index (χ2v) is 6.74. The van der Waals surface area contributed by atoms with Crippen molar-refractivity contribution in [1.82, 2.24) is 5.01 Å². The lowest BCUT2D eigenvalue weighted by molar-refractivity contribution is -0.141. The van der Waals surface area contributed by atoms with Crippen molar-refractivity contribution in [2.75, 3.05) is 21.3 Å². The highest BCUT2D eigenvalue weighted by Crippen LogP contribution is 2.37. The molecule has 8 nitrogen and oxygen atoms in total. The number of hydrazone groups is 1. The third kappa shape index (κ3) is 4.53. The van der Waals surface area contributed by atoms with Crippen LogP contribution in [0.25, 0.3) is 0 Å². The first-order chi connectivity index (χ1) is 14.5. The van der Waals surface area contributed by atoms with E-state index in [0.717, 1.165) is 11.1 Å². The Bertz CT molecular complexity index is 972. The van der Waals surface area contributed by atoms with Crippen molar-refractivity contribution in [1.29, 1.82) is 0 Å². The van der Waals surface area contributed by atoms with E-state index >= 15 is 0 Å². The Hall–Kier alpha value is -3.55. The minimum atomic E-state index is -1.03. The number of rotatable bonds is 8. The lowest BCUT2D eigenvalue weighted by Crippen LogP contribution is -2.27. The van der Waals surface area contributed by atoms with E-state index in [2.05, 4.69) is 5.10 Å². The normalized spacial score (nSPS) is 15.5. The number of methoxy groups -OCH3 is 3. The average Bonchev–Trinajstić information content (AvgIpc) is 3.22. The summed E-state index contributed by atoms with van der Waals surface area (Å²) in [7, 11) is 4.71. The van der Waals surface area contributed by atoms with Crippen LogP contribution in [0.1, 0.15) is 36.4 Å². The number of carbonyl (C=O) groups excluding carboxylic acids is 1. The molecule has 0 saturated heterocycles. The molecule has 0 fully saturated rings. The quantitative estimate of drug-likeness (QED) is 0.715. The molecule has 0 bridgehead atoms. The van der Waals surface area contributed by atoms with Gasteiger partial charge in [-0.25, -0.2) is 5.01 Å². The van der Waals surface area contributed by atoms with Crippen molar-refractivity contribution in [3.63, 3.8) is 0 Å². The number of carbonyl (C=O) groups is 2. The maximum absolute atomic E-state index is 12.8. The number of aliphatic carboxylic acids is 1. The van der Waals surface area contributed by atoms with Crippen molar-refractivity contribution in [2.24, 2.45) is 5.10 Å². The molecule has 0 aliphatic carbocycles. The van der Waals surface area contributed by atoms with E-state index in [1.54, 1.807) is 33.5 Å². The van der Waals surface area contributed by atoms with Crippen LogP contribution < -0.4 is 14.2 Å². The molecule has 0 unspecified atom stereocenters. The molecule has 0 saturated carbocycles. The summed E-state index contributed by atoms with van der Waals surface area (Å²) in [5.74, 6) is 0.514. The van der Waals surface area contributed by atoms with Crippen LogP contribution in [0.2, 0.25) is 0 Å². The summed E-state index contributed by atoms with van der Waals surface area (Å²) >= 11 is 0. The van der Waals surface area contributed by atoms with Gasteiger partial charge >= 0.3 is 5.97 Å². The molecule has 1 heterocycles. The molecule has 1 aliphatic heterocycles. The molecule has 3 rings (SSSR count). The summed E-state index contributed by atoms with van der Waals surface area (Å²) in [5.41, 5.74) is 2.27. The molecule has 1 aliphatic rings. The first-order valence-corrected chi connectivity index (χ1v) is 9.44. The zero-order valence-electron chi connectivity index (χ0n) is 17.1. The largest absolute Gasteiger partial charge is 0.497 e. The Balaban J connectivity index is 1.98. The SMILES string of the molecule is COc1cccc([C@@H]2CC(c3ccc(OC)cc3OC)=NN2C(=O)CCC(=O)O)c1. The Labute approximate surface area is 174 Å². The number of hydrogen-bond donors (Lipinski definition) is 1. The van der Waals surface area contributed by atoms with Crippen LogP contribution in [0.3, 0.4) is 0 Å². The highest BCUT2D eigenvalue weighted by Gasteiger charge is 2.34. The highest BCUT2D eigenvalue weighted by molar-refractivity contribution is 6.05. The van der Waals surface area contributed by atoms with Crippen LogP contribution in [0.15, 0.2) is 47.6 Å². The van der Waals surface area contributed by atoms with E-state index < -0.39 is 5.97 Å². The van der Waals surface area contributed by atoms with Crippen LogP contribution in [-0.4, -0.2) is 49.0 Å². The summed E-state index contributed by atoms with van der Waals surface area (Å²) in [6.45, 7) is 0. The Morgan fingerprint density at radius 3 is 2.43 bits per heavy atom. The van der Waals surface area contributed by atoms with Crippen molar-refractivity contribution in [2.45, 2.75) is 25.3 Å². The monoisotopic (exact) mass is 412 g/mol. The zero-order valence-corrected chi connectivity index (χ0v) is 17.1. The Morgan fingerprint density at radius 2 is 1.77 bits per heavy atom. The number of ether oxygens (including phenoxy) is 3. The van der Waals surface area contributed by atoms with Gasteiger partial charge in [0.1, 0.15) is 17.2 Å². The number of nitrogens with zero attached hydrogens (tertiary/aromatic N) is 2. The topological polar surface area (TPSA) is 97.7 Å². The number of benzene rings is 2. The fraction of sp³-hybridized carbons (Fsp3) is 0.318. The third-order valence-corrected chi connectivity index (χ3v) is 4.92. The predicted molar refractivity (Wildman–Crippen MR) is 110 cm³/mol. The van der Waals surface area contributed by atoms with Crippen molar-refractivity contribution in [3.05, 3.63) is 53.6 Å². The Kier molecular flexibility index (Phi) is 6.56. The van der Waals surface area contributed by atoms with Gasteiger partial charge in [-0.05, 0) is 29.8 Å². The minimum Gasteiger partial charge on any atom is -0.497 e. The molecule has 2 aromatic carbocycles. The molecular weight excluding hydrogens is 388 g/mol. The fourth-order valence-electron chi connectivity index (χ4n) is 3.38. The van der Waals surface area contributed by atoms with E-state index in [9.17, 15) is 9.59 Å². The number of amides is 1. The summed E-state index contributed by atoms with van der Waals surface area (Å²) in [6, 6.07) is 12.4. The maximum atomic E-state index is 12.8. The average molecular weight is 412 g/mol. The van der Waals surface area contributed by atoms with E-state index in [4.69, 9.17) is 19.3 Å². The van der Waals surface area contributed by atoms with Gasteiger partial charge in [0.05, 0.1) is 39.5 Å².